The quantitative estimate of drug-likeness (QED) is 0.848. The minimum Gasteiger partial charge on any atom is -0.494 e. The maximum atomic E-state index is 12.1. The van der Waals surface area contributed by atoms with E-state index in [1.54, 1.807) is 11.8 Å². The molecule has 4 heteroatoms. The summed E-state index contributed by atoms with van der Waals surface area (Å²) in [6, 6.07) is 7.91. The summed E-state index contributed by atoms with van der Waals surface area (Å²) in [6.07, 6.45) is 2.82. The Labute approximate surface area is 126 Å². The zero-order valence-electron chi connectivity index (χ0n) is 13.0. The number of hydrogen-bond acceptors (Lipinski definition) is 3. The highest BCUT2D eigenvalue weighted by Gasteiger charge is 2.30. The van der Waals surface area contributed by atoms with Gasteiger partial charge in [-0.3, -0.25) is 4.79 Å². The van der Waals surface area contributed by atoms with Crippen LogP contribution in [0.4, 0.5) is 0 Å². The molecule has 0 spiro atoms. The van der Waals surface area contributed by atoms with Gasteiger partial charge in [0.25, 0.3) is 0 Å². The van der Waals surface area contributed by atoms with Crippen molar-refractivity contribution in [3.8, 4) is 5.75 Å². The molecule has 1 unspecified atom stereocenters. The number of piperidine rings is 1. The molecule has 1 aromatic carbocycles. The number of hydrogen-bond donors (Lipinski definition) is 1. The van der Waals surface area contributed by atoms with Crippen LogP contribution >= 0.6 is 0 Å². The van der Waals surface area contributed by atoms with Crippen LogP contribution in [0.2, 0.25) is 0 Å². The highest BCUT2D eigenvalue weighted by molar-refractivity contribution is 5.76. The van der Waals surface area contributed by atoms with Crippen LogP contribution in [0.15, 0.2) is 24.3 Å². The summed E-state index contributed by atoms with van der Waals surface area (Å²) < 4.78 is 5.62. The number of rotatable bonds is 5. The van der Waals surface area contributed by atoms with E-state index in [1.165, 1.54) is 5.56 Å². The Morgan fingerprint density at radius 1 is 1.38 bits per heavy atom. The van der Waals surface area contributed by atoms with E-state index in [0.717, 1.165) is 25.1 Å². The topological polar surface area (TPSA) is 49.8 Å². The van der Waals surface area contributed by atoms with Gasteiger partial charge in [0.15, 0.2) is 0 Å². The molecular weight excluding hydrogens is 266 g/mol. The fraction of sp³-hybridized carbons (Fsp3) is 0.588. The lowest BCUT2D eigenvalue weighted by Crippen LogP contribution is -2.48. The van der Waals surface area contributed by atoms with Crippen molar-refractivity contribution in [2.45, 2.75) is 45.1 Å². The smallest absolute Gasteiger partial charge is 0.222 e. The summed E-state index contributed by atoms with van der Waals surface area (Å²) in [6.45, 7) is 5.58. The van der Waals surface area contributed by atoms with Crippen LogP contribution in [0.25, 0.3) is 0 Å². The van der Waals surface area contributed by atoms with Crippen LogP contribution in [0.1, 0.15) is 38.2 Å². The first-order chi connectivity index (χ1) is 9.96. The van der Waals surface area contributed by atoms with E-state index < -0.39 is 5.60 Å². The number of ether oxygens (including phenoxy) is 1. The van der Waals surface area contributed by atoms with E-state index in [9.17, 15) is 9.90 Å². The molecule has 1 N–H and O–H groups in total. The predicted octanol–water partition coefficient (Wildman–Crippen LogP) is 2.53. The van der Waals surface area contributed by atoms with Crippen molar-refractivity contribution in [1.82, 2.24) is 4.90 Å². The molecule has 116 valence electrons. The summed E-state index contributed by atoms with van der Waals surface area (Å²) in [5, 5.41) is 10.0. The molecule has 1 heterocycles. The number of amides is 1. The molecule has 0 aromatic heterocycles. The van der Waals surface area contributed by atoms with E-state index in [4.69, 9.17) is 4.74 Å². The van der Waals surface area contributed by atoms with Crippen molar-refractivity contribution >= 4 is 5.91 Å². The number of aryl methyl sites for hydroxylation is 1. The van der Waals surface area contributed by atoms with E-state index >= 15 is 0 Å². The molecule has 0 aliphatic carbocycles. The molecule has 0 radical (unpaired) electrons. The summed E-state index contributed by atoms with van der Waals surface area (Å²) in [5.74, 6) is 0.955. The molecule has 4 nitrogen and oxygen atoms in total. The lowest BCUT2D eigenvalue weighted by atomic mass is 9.95. The minimum atomic E-state index is -0.730. The number of nitrogens with zero attached hydrogens (tertiary/aromatic N) is 1. The molecule has 1 atom stereocenters. The van der Waals surface area contributed by atoms with E-state index in [2.05, 4.69) is 0 Å². The highest BCUT2D eigenvalue weighted by Crippen LogP contribution is 2.21. The van der Waals surface area contributed by atoms with Crippen LogP contribution in [0.3, 0.4) is 0 Å². The van der Waals surface area contributed by atoms with Crippen molar-refractivity contribution in [3.63, 3.8) is 0 Å². The summed E-state index contributed by atoms with van der Waals surface area (Å²) in [5.41, 5.74) is 0.474. The zero-order chi connectivity index (χ0) is 15.3. The van der Waals surface area contributed by atoms with Gasteiger partial charge < -0.3 is 14.7 Å². The fourth-order valence-electron chi connectivity index (χ4n) is 2.64. The molecule has 1 fully saturated rings. The first-order valence-corrected chi connectivity index (χ1v) is 7.66. The molecule has 2 rings (SSSR count). The number of benzene rings is 1. The van der Waals surface area contributed by atoms with Crippen LogP contribution < -0.4 is 4.74 Å². The average Bonchev–Trinajstić information content (AvgIpc) is 2.44. The van der Waals surface area contributed by atoms with Crippen molar-refractivity contribution in [1.29, 1.82) is 0 Å². The van der Waals surface area contributed by atoms with Crippen molar-refractivity contribution in [3.05, 3.63) is 29.8 Å². The first-order valence-electron chi connectivity index (χ1n) is 7.66. The van der Waals surface area contributed by atoms with Gasteiger partial charge >= 0.3 is 0 Å². The second-order valence-electron chi connectivity index (χ2n) is 6.18. The minimum absolute atomic E-state index is 0.113. The van der Waals surface area contributed by atoms with E-state index in [1.807, 2.05) is 31.2 Å². The predicted molar refractivity (Wildman–Crippen MR) is 82.3 cm³/mol. The summed E-state index contributed by atoms with van der Waals surface area (Å²) >= 11 is 0. The van der Waals surface area contributed by atoms with Crippen molar-refractivity contribution < 1.29 is 14.6 Å². The Bertz CT molecular complexity index is 467. The van der Waals surface area contributed by atoms with Gasteiger partial charge in [-0.15, -0.1) is 0 Å². The normalized spacial score (nSPS) is 22.1. The van der Waals surface area contributed by atoms with Gasteiger partial charge in [-0.2, -0.15) is 0 Å². The number of carbonyl (C=O) groups is 1. The molecule has 1 amide bonds. The molecule has 0 saturated carbocycles. The molecular formula is C17H25NO3. The lowest BCUT2D eigenvalue weighted by Gasteiger charge is -2.36. The van der Waals surface area contributed by atoms with Gasteiger partial charge in [0.05, 0.1) is 12.2 Å². The van der Waals surface area contributed by atoms with Gasteiger partial charge in [-0.05, 0) is 45.2 Å². The van der Waals surface area contributed by atoms with Crippen LogP contribution in [0.5, 0.6) is 5.75 Å². The molecule has 1 saturated heterocycles. The Hall–Kier alpha value is -1.55. The Morgan fingerprint density at radius 2 is 2.10 bits per heavy atom. The second kappa shape index (κ2) is 6.94. The number of aliphatic hydroxyl groups is 1. The van der Waals surface area contributed by atoms with Gasteiger partial charge in [-0.1, -0.05) is 17.7 Å². The maximum Gasteiger partial charge on any atom is 0.222 e. The summed E-state index contributed by atoms with van der Waals surface area (Å²) in [7, 11) is 0. The van der Waals surface area contributed by atoms with Gasteiger partial charge in [0.1, 0.15) is 5.75 Å². The zero-order valence-corrected chi connectivity index (χ0v) is 13.0. The van der Waals surface area contributed by atoms with E-state index in [0.29, 0.717) is 26.0 Å². The van der Waals surface area contributed by atoms with E-state index in [-0.39, 0.29) is 5.91 Å². The Kier molecular flexibility index (Phi) is 5.23. The molecule has 1 aliphatic heterocycles. The highest BCUT2D eigenvalue weighted by atomic mass is 16.5. The number of β-amino-alcohol motifs (C(OH)–C–C–N with tert-alkyl or cyclic N) is 1. The lowest BCUT2D eigenvalue weighted by molar-refractivity contribution is -0.137. The summed E-state index contributed by atoms with van der Waals surface area (Å²) in [4.78, 5) is 13.9. The molecule has 21 heavy (non-hydrogen) atoms. The maximum absolute atomic E-state index is 12.1. The fourth-order valence-corrected chi connectivity index (χ4v) is 2.64. The average molecular weight is 291 g/mol. The third kappa shape index (κ3) is 5.05. The monoisotopic (exact) mass is 291 g/mol. The number of carbonyl (C=O) groups excluding carboxylic acids is 1. The SMILES string of the molecule is Cc1ccc(OCCCC(=O)N2CCCC(C)(O)C2)cc1. The second-order valence-corrected chi connectivity index (χ2v) is 6.18. The third-order valence-corrected chi connectivity index (χ3v) is 3.85. The molecule has 0 bridgehead atoms. The van der Waals surface area contributed by atoms with Crippen molar-refractivity contribution in [2.24, 2.45) is 0 Å². The molecule has 1 aromatic rings. The number of likely N-dealkylation sites (tertiary alicyclic amines) is 1. The van der Waals surface area contributed by atoms with Gasteiger partial charge in [-0.25, -0.2) is 0 Å². The first kappa shape index (κ1) is 15.8. The van der Waals surface area contributed by atoms with Gasteiger partial charge in [0, 0.05) is 19.5 Å². The van der Waals surface area contributed by atoms with Crippen LogP contribution in [0, 0.1) is 6.92 Å². The Balaban J connectivity index is 1.68. The Morgan fingerprint density at radius 3 is 2.76 bits per heavy atom. The van der Waals surface area contributed by atoms with Crippen LogP contribution in [-0.2, 0) is 4.79 Å². The van der Waals surface area contributed by atoms with Crippen LogP contribution in [-0.4, -0.2) is 41.2 Å². The van der Waals surface area contributed by atoms with Crippen molar-refractivity contribution in [2.75, 3.05) is 19.7 Å². The molecule has 1 aliphatic rings. The largest absolute Gasteiger partial charge is 0.494 e. The third-order valence-electron chi connectivity index (χ3n) is 3.85. The standard InChI is InChI=1S/C17H25NO3/c1-14-6-8-15(9-7-14)21-12-3-5-16(19)18-11-4-10-17(2,20)13-18/h6-9,20H,3-5,10-13H2,1-2H3. The van der Waals surface area contributed by atoms with Gasteiger partial charge in [0.2, 0.25) is 5.91 Å².